The Morgan fingerprint density at radius 2 is 1.83 bits per heavy atom. The lowest BCUT2D eigenvalue weighted by Gasteiger charge is -2.06. The van der Waals surface area contributed by atoms with E-state index in [9.17, 15) is 4.79 Å². The van der Waals surface area contributed by atoms with Crippen LogP contribution in [-0.4, -0.2) is 29.1 Å². The molecule has 0 aliphatic rings. The van der Waals surface area contributed by atoms with Crippen LogP contribution in [0.1, 0.15) is 24.5 Å². The van der Waals surface area contributed by atoms with Gasteiger partial charge in [-0.2, -0.15) is 0 Å². The van der Waals surface area contributed by atoms with Gasteiger partial charge in [0.1, 0.15) is 0 Å². The third-order valence-electron chi connectivity index (χ3n) is 3.24. The van der Waals surface area contributed by atoms with Gasteiger partial charge in [0.25, 0.3) is 0 Å². The molecule has 6 heteroatoms. The van der Waals surface area contributed by atoms with Crippen LogP contribution in [0.4, 0.5) is 5.95 Å². The number of nitrogens with one attached hydrogen (secondary N) is 1. The summed E-state index contributed by atoms with van der Waals surface area (Å²) in [7, 11) is 0. The number of hydrogen-bond acceptors (Lipinski definition) is 5. The van der Waals surface area contributed by atoms with E-state index in [1.54, 1.807) is 19.3 Å². The maximum atomic E-state index is 11.3. The minimum absolute atomic E-state index is 0.197. The highest BCUT2D eigenvalue weighted by Crippen LogP contribution is 2.10. The smallest absolute Gasteiger partial charge is 0.306 e. The molecule has 1 N–H and O–H groups in total. The Hall–Kier alpha value is -2.14. The van der Waals surface area contributed by atoms with Gasteiger partial charge in [0.15, 0.2) is 0 Å². The summed E-state index contributed by atoms with van der Waals surface area (Å²) in [5.74, 6) is 0.386. The van der Waals surface area contributed by atoms with Gasteiger partial charge >= 0.3 is 5.97 Å². The molecular weight excluding hydrogens is 314 g/mol. The van der Waals surface area contributed by atoms with Gasteiger partial charge < -0.3 is 10.1 Å². The van der Waals surface area contributed by atoms with Gasteiger partial charge in [-0.3, -0.25) is 4.79 Å². The van der Waals surface area contributed by atoms with Gasteiger partial charge in [0.05, 0.1) is 6.61 Å². The molecule has 0 unspecified atom stereocenters. The van der Waals surface area contributed by atoms with Gasteiger partial charge in [-0.1, -0.05) is 23.7 Å². The molecule has 0 atom stereocenters. The first kappa shape index (κ1) is 17.2. The van der Waals surface area contributed by atoms with Crippen LogP contribution in [0.25, 0.3) is 0 Å². The lowest BCUT2D eigenvalue weighted by atomic mass is 10.1. The van der Waals surface area contributed by atoms with E-state index in [2.05, 4.69) is 15.3 Å². The lowest BCUT2D eigenvalue weighted by molar-refractivity contribution is -0.143. The van der Waals surface area contributed by atoms with Crippen molar-refractivity contribution >= 4 is 23.5 Å². The second kappa shape index (κ2) is 9.10. The van der Waals surface area contributed by atoms with E-state index in [4.69, 9.17) is 16.3 Å². The number of carbonyl (C=O) groups excluding carboxylic acids is 1. The molecule has 0 bridgehead atoms. The van der Waals surface area contributed by atoms with Crippen LogP contribution in [-0.2, 0) is 22.4 Å². The molecular formula is C17H20ClN3O2. The highest BCUT2D eigenvalue weighted by atomic mass is 35.5. The fourth-order valence-corrected chi connectivity index (χ4v) is 2.15. The first-order valence-corrected chi connectivity index (χ1v) is 8.00. The van der Waals surface area contributed by atoms with Crippen molar-refractivity contribution in [3.63, 3.8) is 0 Å². The van der Waals surface area contributed by atoms with E-state index in [0.717, 1.165) is 23.6 Å². The molecule has 122 valence electrons. The van der Waals surface area contributed by atoms with E-state index >= 15 is 0 Å². The standard InChI is InChI=1S/C17H20ClN3O2/c1-2-23-16(22)8-5-14-11-20-17(21-12-14)19-10-9-13-3-6-15(18)7-4-13/h3-4,6-7,11-12H,2,5,8-10H2,1H3,(H,19,20,21). The molecule has 0 saturated carbocycles. The summed E-state index contributed by atoms with van der Waals surface area (Å²) in [5.41, 5.74) is 2.12. The van der Waals surface area contributed by atoms with Crippen molar-refractivity contribution in [1.29, 1.82) is 0 Å². The largest absolute Gasteiger partial charge is 0.466 e. The van der Waals surface area contributed by atoms with Crippen LogP contribution in [0.15, 0.2) is 36.7 Å². The molecule has 5 nitrogen and oxygen atoms in total. The van der Waals surface area contributed by atoms with Crippen LogP contribution in [0.3, 0.4) is 0 Å². The zero-order chi connectivity index (χ0) is 16.5. The number of nitrogens with zero attached hydrogens (tertiary/aromatic N) is 2. The van der Waals surface area contributed by atoms with Gasteiger partial charge in [-0.15, -0.1) is 0 Å². The van der Waals surface area contributed by atoms with Crippen LogP contribution in [0, 0.1) is 0 Å². The Bertz CT molecular complexity index is 615. The molecule has 1 aromatic heterocycles. The number of hydrogen-bond donors (Lipinski definition) is 1. The average Bonchev–Trinajstić information content (AvgIpc) is 2.56. The Morgan fingerprint density at radius 3 is 2.48 bits per heavy atom. The van der Waals surface area contributed by atoms with Crippen molar-refractivity contribution < 1.29 is 9.53 Å². The summed E-state index contributed by atoms with van der Waals surface area (Å²) in [6.45, 7) is 2.95. The first-order valence-electron chi connectivity index (χ1n) is 7.62. The van der Waals surface area contributed by atoms with Crippen molar-refractivity contribution in [3.05, 3.63) is 52.8 Å². The molecule has 2 rings (SSSR count). The monoisotopic (exact) mass is 333 g/mol. The molecule has 2 aromatic rings. The molecule has 0 saturated heterocycles. The second-order valence-corrected chi connectivity index (χ2v) is 5.46. The van der Waals surface area contributed by atoms with Crippen LogP contribution in [0.5, 0.6) is 0 Å². The minimum Gasteiger partial charge on any atom is -0.466 e. The quantitative estimate of drug-likeness (QED) is 0.751. The Balaban J connectivity index is 1.74. The molecule has 0 spiro atoms. The molecule has 0 aliphatic carbocycles. The predicted octanol–water partition coefficient (Wildman–Crippen LogP) is 3.28. The lowest BCUT2D eigenvalue weighted by Crippen LogP contribution is -2.09. The number of halogens is 1. The van der Waals surface area contributed by atoms with Crippen molar-refractivity contribution in [2.24, 2.45) is 0 Å². The zero-order valence-electron chi connectivity index (χ0n) is 13.1. The fraction of sp³-hybridized carbons (Fsp3) is 0.353. The van der Waals surface area contributed by atoms with Crippen molar-refractivity contribution in [2.75, 3.05) is 18.5 Å². The Kier molecular flexibility index (Phi) is 6.81. The predicted molar refractivity (Wildman–Crippen MR) is 90.6 cm³/mol. The molecule has 0 amide bonds. The molecule has 0 aliphatic heterocycles. The summed E-state index contributed by atoms with van der Waals surface area (Å²) in [5, 5.41) is 3.91. The van der Waals surface area contributed by atoms with Gasteiger partial charge in [-0.25, -0.2) is 9.97 Å². The number of aromatic nitrogens is 2. The molecule has 1 heterocycles. The number of aryl methyl sites for hydroxylation is 1. The number of carbonyl (C=O) groups is 1. The third-order valence-corrected chi connectivity index (χ3v) is 3.49. The van der Waals surface area contributed by atoms with Crippen molar-refractivity contribution in [2.45, 2.75) is 26.2 Å². The third kappa shape index (κ3) is 6.24. The van der Waals surface area contributed by atoms with E-state index in [1.807, 2.05) is 24.3 Å². The number of anilines is 1. The number of ether oxygens (including phenoxy) is 1. The summed E-state index contributed by atoms with van der Waals surface area (Å²) >= 11 is 5.85. The van der Waals surface area contributed by atoms with Crippen molar-refractivity contribution in [1.82, 2.24) is 9.97 Å². The maximum Gasteiger partial charge on any atom is 0.306 e. The van der Waals surface area contributed by atoms with Crippen LogP contribution in [0.2, 0.25) is 5.02 Å². The summed E-state index contributed by atoms with van der Waals surface area (Å²) in [4.78, 5) is 19.8. The van der Waals surface area contributed by atoms with E-state index in [1.165, 1.54) is 5.56 Å². The highest BCUT2D eigenvalue weighted by Gasteiger charge is 2.04. The maximum absolute atomic E-state index is 11.3. The van der Waals surface area contributed by atoms with Gasteiger partial charge in [-0.05, 0) is 43.0 Å². The Labute approximate surface area is 141 Å². The van der Waals surface area contributed by atoms with E-state index < -0.39 is 0 Å². The summed E-state index contributed by atoms with van der Waals surface area (Å²) in [6, 6.07) is 7.77. The molecule has 23 heavy (non-hydrogen) atoms. The fourth-order valence-electron chi connectivity index (χ4n) is 2.02. The molecule has 1 aromatic carbocycles. The first-order chi connectivity index (χ1) is 11.2. The number of rotatable bonds is 8. The van der Waals surface area contributed by atoms with E-state index in [-0.39, 0.29) is 5.97 Å². The number of benzene rings is 1. The Morgan fingerprint density at radius 1 is 1.13 bits per heavy atom. The molecule has 0 fully saturated rings. The second-order valence-electron chi connectivity index (χ2n) is 5.02. The van der Waals surface area contributed by atoms with E-state index in [0.29, 0.717) is 25.4 Å². The summed E-state index contributed by atoms with van der Waals surface area (Å²) < 4.78 is 4.89. The zero-order valence-corrected chi connectivity index (χ0v) is 13.8. The average molecular weight is 334 g/mol. The van der Waals surface area contributed by atoms with Gasteiger partial charge in [0, 0.05) is 30.4 Å². The highest BCUT2D eigenvalue weighted by molar-refractivity contribution is 6.30. The SMILES string of the molecule is CCOC(=O)CCc1cnc(NCCc2ccc(Cl)cc2)nc1. The van der Waals surface area contributed by atoms with Gasteiger partial charge in [0.2, 0.25) is 5.95 Å². The van der Waals surface area contributed by atoms with Crippen molar-refractivity contribution in [3.8, 4) is 0 Å². The summed E-state index contributed by atoms with van der Waals surface area (Å²) in [6.07, 6.45) is 5.27. The molecule has 0 radical (unpaired) electrons. The number of esters is 1. The normalized spacial score (nSPS) is 10.3. The van der Waals surface area contributed by atoms with Crippen LogP contribution >= 0.6 is 11.6 Å². The van der Waals surface area contributed by atoms with Crippen LogP contribution < -0.4 is 5.32 Å². The topological polar surface area (TPSA) is 64.1 Å². The minimum atomic E-state index is -0.197.